The Hall–Kier alpha value is -2.63. The van der Waals surface area contributed by atoms with Gasteiger partial charge in [0.05, 0.1) is 23.0 Å². The van der Waals surface area contributed by atoms with Crippen molar-refractivity contribution in [3.8, 4) is 17.3 Å². The molecule has 0 amide bonds. The van der Waals surface area contributed by atoms with E-state index in [2.05, 4.69) is 18.7 Å². The molecule has 0 bridgehead atoms. The summed E-state index contributed by atoms with van der Waals surface area (Å²) in [4.78, 5) is 2.30. The Kier molecular flexibility index (Phi) is 8.05. The lowest BCUT2D eigenvalue weighted by Crippen LogP contribution is -2.33. The van der Waals surface area contributed by atoms with Crippen LogP contribution >= 0.6 is 0 Å². The van der Waals surface area contributed by atoms with Crippen molar-refractivity contribution >= 4 is 0 Å². The molecule has 0 spiro atoms. The van der Waals surface area contributed by atoms with Gasteiger partial charge in [-0.15, -0.1) is 0 Å². The highest BCUT2D eigenvalue weighted by Crippen LogP contribution is 2.31. The molecule has 3 rings (SSSR count). The van der Waals surface area contributed by atoms with Crippen molar-refractivity contribution in [2.24, 2.45) is 0 Å². The third kappa shape index (κ3) is 5.71. The van der Waals surface area contributed by atoms with Gasteiger partial charge in [-0.2, -0.15) is 5.10 Å². The summed E-state index contributed by atoms with van der Waals surface area (Å²) in [6, 6.07) is 19.9. The number of nitrogens with zero attached hydrogens (tertiary/aromatic N) is 3. The van der Waals surface area contributed by atoms with Gasteiger partial charge in [-0.05, 0) is 50.6 Å². The highest BCUT2D eigenvalue weighted by molar-refractivity contribution is 5.43. The monoisotopic (exact) mass is 407 g/mol. The van der Waals surface area contributed by atoms with Crippen LogP contribution in [0.3, 0.4) is 0 Å². The minimum Gasteiger partial charge on any atom is -0.439 e. The maximum absolute atomic E-state index is 10.4. The molecule has 30 heavy (non-hydrogen) atoms. The third-order valence-electron chi connectivity index (χ3n) is 5.11. The normalized spacial score (nSPS) is 12.3. The van der Waals surface area contributed by atoms with Crippen molar-refractivity contribution in [2.75, 3.05) is 13.1 Å². The fraction of sp³-hybridized carbons (Fsp3) is 0.400. The van der Waals surface area contributed by atoms with Crippen molar-refractivity contribution in [2.45, 2.75) is 52.7 Å². The van der Waals surface area contributed by atoms with Crippen molar-refractivity contribution < 1.29 is 9.84 Å². The molecule has 0 aliphatic carbocycles. The molecule has 0 radical (unpaired) electrons. The molecular formula is C25H33N3O2. The average Bonchev–Trinajstić information content (AvgIpc) is 3.05. The zero-order chi connectivity index (χ0) is 21.3. The second-order valence-electron chi connectivity index (χ2n) is 7.71. The molecule has 1 aromatic heterocycles. The van der Waals surface area contributed by atoms with Gasteiger partial charge in [0.25, 0.3) is 0 Å². The first kappa shape index (κ1) is 22.1. The van der Waals surface area contributed by atoms with Gasteiger partial charge in [0.2, 0.25) is 5.88 Å². The van der Waals surface area contributed by atoms with E-state index in [0.717, 1.165) is 54.4 Å². The van der Waals surface area contributed by atoms with E-state index in [0.29, 0.717) is 13.1 Å². The molecule has 1 atom stereocenters. The number of benzene rings is 2. The molecular weight excluding hydrogens is 374 g/mol. The topological polar surface area (TPSA) is 50.5 Å². The molecule has 2 aromatic carbocycles. The molecule has 3 aromatic rings. The van der Waals surface area contributed by atoms with Crippen molar-refractivity contribution in [3.05, 3.63) is 71.9 Å². The quantitative estimate of drug-likeness (QED) is 0.466. The van der Waals surface area contributed by atoms with Crippen LogP contribution in [0.2, 0.25) is 0 Å². The first-order valence-electron chi connectivity index (χ1n) is 10.9. The van der Waals surface area contributed by atoms with E-state index in [1.165, 1.54) is 0 Å². The number of aliphatic hydroxyl groups excluding tert-OH is 1. The minimum absolute atomic E-state index is 0.315. The Morgan fingerprint density at radius 1 is 1.00 bits per heavy atom. The van der Waals surface area contributed by atoms with E-state index in [1.54, 1.807) is 0 Å². The van der Waals surface area contributed by atoms with Crippen LogP contribution < -0.4 is 4.74 Å². The lowest BCUT2D eigenvalue weighted by Gasteiger charge is -2.25. The standard InChI is InChI=1S/C25H33N3O2/c1-4-12-22(29)18-27(17-5-2)19-24-20(3)26-28(21-13-8-6-9-14-21)25(24)30-23-15-10-7-11-16-23/h6-11,13-16,22,29H,4-5,12,17-19H2,1-3H3/t22-/m1/s1. The van der Waals surface area contributed by atoms with Crippen LogP contribution in [0.1, 0.15) is 44.4 Å². The number of para-hydroxylation sites is 2. The largest absolute Gasteiger partial charge is 0.439 e. The lowest BCUT2D eigenvalue weighted by atomic mass is 10.1. The van der Waals surface area contributed by atoms with E-state index in [9.17, 15) is 5.11 Å². The minimum atomic E-state index is -0.315. The Bertz CT molecular complexity index is 894. The number of hydrogen-bond donors (Lipinski definition) is 1. The molecule has 0 fully saturated rings. The number of rotatable bonds is 11. The number of aliphatic hydroxyl groups is 1. The van der Waals surface area contributed by atoms with Gasteiger partial charge in [-0.1, -0.05) is 56.7 Å². The summed E-state index contributed by atoms with van der Waals surface area (Å²) in [6.45, 7) is 8.56. The van der Waals surface area contributed by atoms with Crippen LogP contribution in [-0.2, 0) is 6.54 Å². The van der Waals surface area contributed by atoms with Crippen LogP contribution in [0.5, 0.6) is 11.6 Å². The number of ether oxygens (including phenoxy) is 1. The van der Waals surface area contributed by atoms with E-state index >= 15 is 0 Å². The van der Waals surface area contributed by atoms with Gasteiger partial charge in [0, 0.05) is 13.1 Å². The second kappa shape index (κ2) is 11.0. The number of hydrogen-bond acceptors (Lipinski definition) is 4. The maximum atomic E-state index is 10.4. The van der Waals surface area contributed by atoms with Gasteiger partial charge < -0.3 is 9.84 Å². The third-order valence-corrected chi connectivity index (χ3v) is 5.11. The predicted molar refractivity (Wildman–Crippen MR) is 121 cm³/mol. The maximum Gasteiger partial charge on any atom is 0.227 e. The molecule has 0 aliphatic rings. The average molecular weight is 408 g/mol. The number of aromatic nitrogens is 2. The molecule has 0 saturated carbocycles. The fourth-order valence-corrected chi connectivity index (χ4v) is 3.67. The number of aryl methyl sites for hydroxylation is 1. The highest BCUT2D eigenvalue weighted by Gasteiger charge is 2.22. The zero-order valence-electron chi connectivity index (χ0n) is 18.3. The van der Waals surface area contributed by atoms with Crippen LogP contribution in [0, 0.1) is 6.92 Å². The first-order chi connectivity index (χ1) is 14.6. The van der Waals surface area contributed by atoms with E-state index in [-0.39, 0.29) is 6.10 Å². The summed E-state index contributed by atoms with van der Waals surface area (Å²) < 4.78 is 8.24. The van der Waals surface area contributed by atoms with E-state index in [1.807, 2.05) is 72.3 Å². The Morgan fingerprint density at radius 2 is 1.67 bits per heavy atom. The van der Waals surface area contributed by atoms with Crippen LogP contribution in [0.25, 0.3) is 5.69 Å². The van der Waals surface area contributed by atoms with E-state index in [4.69, 9.17) is 9.84 Å². The van der Waals surface area contributed by atoms with Crippen LogP contribution in [0.4, 0.5) is 0 Å². The summed E-state index contributed by atoms with van der Waals surface area (Å²) in [7, 11) is 0. The van der Waals surface area contributed by atoms with Crippen LogP contribution in [0.15, 0.2) is 60.7 Å². The van der Waals surface area contributed by atoms with Gasteiger partial charge in [-0.3, -0.25) is 4.90 Å². The van der Waals surface area contributed by atoms with Gasteiger partial charge >= 0.3 is 0 Å². The molecule has 1 heterocycles. The van der Waals surface area contributed by atoms with Crippen molar-refractivity contribution in [1.29, 1.82) is 0 Å². The lowest BCUT2D eigenvalue weighted by molar-refractivity contribution is 0.100. The zero-order valence-corrected chi connectivity index (χ0v) is 18.3. The summed E-state index contributed by atoms with van der Waals surface area (Å²) in [5.41, 5.74) is 2.96. The SMILES string of the molecule is CCC[C@@H](O)CN(CCC)Cc1c(C)nn(-c2ccccc2)c1Oc1ccccc1. The molecule has 160 valence electrons. The first-order valence-corrected chi connectivity index (χ1v) is 10.9. The molecule has 0 aliphatic heterocycles. The molecule has 0 unspecified atom stereocenters. The highest BCUT2D eigenvalue weighted by atomic mass is 16.5. The summed E-state index contributed by atoms with van der Waals surface area (Å²) >= 11 is 0. The van der Waals surface area contributed by atoms with Gasteiger partial charge in [0.15, 0.2) is 0 Å². The van der Waals surface area contributed by atoms with Crippen molar-refractivity contribution in [3.63, 3.8) is 0 Å². The van der Waals surface area contributed by atoms with Gasteiger partial charge in [0.1, 0.15) is 5.75 Å². The second-order valence-corrected chi connectivity index (χ2v) is 7.71. The predicted octanol–water partition coefficient (Wildman–Crippen LogP) is 5.35. The molecule has 0 saturated heterocycles. The van der Waals surface area contributed by atoms with E-state index < -0.39 is 0 Å². The summed E-state index contributed by atoms with van der Waals surface area (Å²) in [5, 5.41) is 15.2. The van der Waals surface area contributed by atoms with Gasteiger partial charge in [-0.25, -0.2) is 4.68 Å². The Balaban J connectivity index is 1.96. The fourth-order valence-electron chi connectivity index (χ4n) is 3.67. The summed E-state index contributed by atoms with van der Waals surface area (Å²) in [6.07, 6.45) is 2.51. The molecule has 5 nitrogen and oxygen atoms in total. The smallest absolute Gasteiger partial charge is 0.227 e. The van der Waals surface area contributed by atoms with Crippen molar-refractivity contribution in [1.82, 2.24) is 14.7 Å². The van der Waals surface area contributed by atoms with Crippen LogP contribution in [-0.4, -0.2) is 39.0 Å². The Labute approximate surface area is 179 Å². The molecule has 5 heteroatoms. The Morgan fingerprint density at radius 3 is 2.30 bits per heavy atom. The molecule has 1 N–H and O–H groups in total. The summed E-state index contributed by atoms with van der Waals surface area (Å²) in [5.74, 6) is 1.51.